The molecule has 0 fully saturated rings. The quantitative estimate of drug-likeness (QED) is 0.367. The number of fused-ring (bicyclic) bond motifs is 2. The number of aromatic nitrogens is 3. The molecule has 1 aliphatic rings. The molecule has 0 aliphatic carbocycles. The molecule has 0 atom stereocenters. The number of amides is 1. The van der Waals surface area contributed by atoms with Crippen LogP contribution in [-0.2, 0) is 4.79 Å². The SMILES string of the molecule is CCOc1ccccc1-c1nc(SCC(=O)N2c3ccccc3Sc3ccccc32)n[nH]1. The molecular formula is C24H20N4O2S2. The highest BCUT2D eigenvalue weighted by molar-refractivity contribution is 8.00. The van der Waals surface area contributed by atoms with Crippen LogP contribution < -0.4 is 9.64 Å². The summed E-state index contributed by atoms with van der Waals surface area (Å²) in [5, 5.41) is 7.78. The Balaban J connectivity index is 1.36. The summed E-state index contributed by atoms with van der Waals surface area (Å²) < 4.78 is 5.69. The molecule has 1 aliphatic heterocycles. The van der Waals surface area contributed by atoms with Gasteiger partial charge in [0.25, 0.3) is 0 Å². The number of rotatable bonds is 6. The summed E-state index contributed by atoms with van der Waals surface area (Å²) in [6, 6.07) is 23.6. The van der Waals surface area contributed by atoms with Crippen molar-refractivity contribution in [2.45, 2.75) is 21.9 Å². The minimum Gasteiger partial charge on any atom is -0.493 e. The smallest absolute Gasteiger partial charge is 0.242 e. The van der Waals surface area contributed by atoms with E-state index in [0.717, 1.165) is 32.5 Å². The normalized spacial score (nSPS) is 12.2. The van der Waals surface area contributed by atoms with Gasteiger partial charge in [0, 0.05) is 9.79 Å². The molecule has 3 aromatic carbocycles. The fourth-order valence-electron chi connectivity index (χ4n) is 3.54. The van der Waals surface area contributed by atoms with Crippen LogP contribution in [0.2, 0.25) is 0 Å². The van der Waals surface area contributed by atoms with E-state index in [0.29, 0.717) is 17.6 Å². The van der Waals surface area contributed by atoms with Crippen molar-refractivity contribution in [3.05, 3.63) is 72.8 Å². The van der Waals surface area contributed by atoms with Crippen LogP contribution in [0.4, 0.5) is 11.4 Å². The number of carbonyl (C=O) groups excluding carboxylic acids is 1. The Hall–Kier alpha value is -3.23. The summed E-state index contributed by atoms with van der Waals surface area (Å²) >= 11 is 3.00. The molecule has 6 nitrogen and oxygen atoms in total. The molecule has 32 heavy (non-hydrogen) atoms. The summed E-state index contributed by atoms with van der Waals surface area (Å²) in [6.45, 7) is 2.51. The van der Waals surface area contributed by atoms with Crippen LogP contribution in [0.3, 0.4) is 0 Å². The van der Waals surface area contributed by atoms with Gasteiger partial charge in [0.2, 0.25) is 11.1 Å². The lowest BCUT2D eigenvalue weighted by molar-refractivity contribution is -0.115. The first-order chi connectivity index (χ1) is 15.7. The Bertz CT molecular complexity index is 1230. The molecule has 1 amide bonds. The molecule has 1 aromatic heterocycles. The number of ether oxygens (including phenoxy) is 1. The van der Waals surface area contributed by atoms with Crippen molar-refractivity contribution in [3.8, 4) is 17.1 Å². The maximum atomic E-state index is 13.3. The largest absolute Gasteiger partial charge is 0.493 e. The van der Waals surface area contributed by atoms with E-state index >= 15 is 0 Å². The van der Waals surface area contributed by atoms with E-state index in [1.54, 1.807) is 16.7 Å². The van der Waals surface area contributed by atoms with Gasteiger partial charge in [-0.05, 0) is 43.3 Å². The lowest BCUT2D eigenvalue weighted by Gasteiger charge is -2.30. The van der Waals surface area contributed by atoms with Gasteiger partial charge in [-0.15, -0.1) is 5.10 Å². The van der Waals surface area contributed by atoms with Gasteiger partial charge in [-0.2, -0.15) is 0 Å². The second-order valence-electron chi connectivity index (χ2n) is 6.95. The monoisotopic (exact) mass is 460 g/mol. The minimum atomic E-state index is -0.0173. The topological polar surface area (TPSA) is 71.1 Å². The van der Waals surface area contributed by atoms with E-state index in [1.807, 2.05) is 79.7 Å². The van der Waals surface area contributed by atoms with Crippen molar-refractivity contribution in [3.63, 3.8) is 0 Å². The Kier molecular flexibility index (Phi) is 5.87. The summed E-state index contributed by atoms with van der Waals surface area (Å²) in [4.78, 5) is 21.8. The maximum Gasteiger partial charge on any atom is 0.242 e. The highest BCUT2D eigenvalue weighted by atomic mass is 32.2. The lowest BCUT2D eigenvalue weighted by Crippen LogP contribution is -2.30. The van der Waals surface area contributed by atoms with Crippen molar-refractivity contribution in [1.82, 2.24) is 15.2 Å². The summed E-state index contributed by atoms with van der Waals surface area (Å²) in [5.74, 6) is 1.57. The van der Waals surface area contributed by atoms with Crippen LogP contribution in [0, 0.1) is 0 Å². The number of nitrogens with zero attached hydrogens (tertiary/aromatic N) is 3. The number of H-pyrrole nitrogens is 1. The zero-order valence-corrected chi connectivity index (χ0v) is 19.0. The van der Waals surface area contributed by atoms with Gasteiger partial charge in [0.1, 0.15) is 5.75 Å². The van der Waals surface area contributed by atoms with Gasteiger partial charge in [0.15, 0.2) is 5.82 Å². The van der Waals surface area contributed by atoms with Crippen molar-refractivity contribution in [2.24, 2.45) is 0 Å². The van der Waals surface area contributed by atoms with Crippen LogP contribution >= 0.6 is 23.5 Å². The highest BCUT2D eigenvalue weighted by Crippen LogP contribution is 2.48. The number of carbonyl (C=O) groups is 1. The molecule has 0 unspecified atom stereocenters. The Morgan fingerprint density at radius 1 is 1.00 bits per heavy atom. The fraction of sp³-hybridized carbons (Fsp3) is 0.125. The molecule has 0 saturated carbocycles. The summed E-state index contributed by atoms with van der Waals surface area (Å²) in [5.41, 5.74) is 2.65. The van der Waals surface area contributed by atoms with Gasteiger partial charge >= 0.3 is 0 Å². The highest BCUT2D eigenvalue weighted by Gasteiger charge is 2.28. The van der Waals surface area contributed by atoms with Crippen LogP contribution in [0.5, 0.6) is 5.75 Å². The van der Waals surface area contributed by atoms with E-state index in [4.69, 9.17) is 4.74 Å². The van der Waals surface area contributed by atoms with E-state index < -0.39 is 0 Å². The van der Waals surface area contributed by atoms with Crippen molar-refractivity contribution in [1.29, 1.82) is 0 Å². The lowest BCUT2D eigenvalue weighted by atomic mass is 10.2. The molecule has 0 spiro atoms. The number of hydrogen-bond acceptors (Lipinski definition) is 6. The number of nitrogens with one attached hydrogen (secondary N) is 1. The summed E-state index contributed by atoms with van der Waals surface area (Å²) in [7, 11) is 0. The maximum absolute atomic E-state index is 13.3. The van der Waals surface area contributed by atoms with Gasteiger partial charge in [0.05, 0.1) is 29.3 Å². The minimum absolute atomic E-state index is 0.0173. The van der Waals surface area contributed by atoms with Crippen LogP contribution in [0.1, 0.15) is 6.92 Å². The third kappa shape index (κ3) is 3.99. The molecule has 0 radical (unpaired) electrons. The average Bonchev–Trinajstić information content (AvgIpc) is 3.30. The van der Waals surface area contributed by atoms with Crippen molar-refractivity contribution >= 4 is 40.8 Å². The van der Waals surface area contributed by atoms with E-state index in [9.17, 15) is 4.79 Å². The van der Waals surface area contributed by atoms with Crippen molar-refractivity contribution < 1.29 is 9.53 Å². The molecule has 8 heteroatoms. The number of benzene rings is 3. The molecule has 160 valence electrons. The molecule has 5 rings (SSSR count). The number of thioether (sulfide) groups is 1. The number of para-hydroxylation sites is 3. The molecule has 0 bridgehead atoms. The van der Waals surface area contributed by atoms with Crippen molar-refractivity contribution in [2.75, 3.05) is 17.3 Å². The zero-order valence-electron chi connectivity index (χ0n) is 17.3. The Labute approximate surface area is 194 Å². The first kappa shape index (κ1) is 20.7. The number of aromatic amines is 1. The van der Waals surface area contributed by atoms with Crippen LogP contribution in [0.15, 0.2) is 87.7 Å². The van der Waals surface area contributed by atoms with Gasteiger partial charge in [-0.1, -0.05) is 59.9 Å². The molecular weight excluding hydrogens is 440 g/mol. The zero-order chi connectivity index (χ0) is 21.9. The third-order valence-corrected chi connectivity index (χ3v) is 6.88. The van der Waals surface area contributed by atoms with E-state index in [-0.39, 0.29) is 11.7 Å². The molecule has 0 saturated heterocycles. The van der Waals surface area contributed by atoms with Crippen LogP contribution in [0.25, 0.3) is 11.4 Å². The van der Waals surface area contributed by atoms with E-state index in [1.165, 1.54) is 11.8 Å². The average molecular weight is 461 g/mol. The van der Waals surface area contributed by atoms with Gasteiger partial charge < -0.3 is 4.74 Å². The summed E-state index contributed by atoms with van der Waals surface area (Å²) in [6.07, 6.45) is 0. The predicted octanol–water partition coefficient (Wildman–Crippen LogP) is 5.79. The standard InChI is InChI=1S/C24H20N4O2S2/c1-2-30-19-12-6-3-9-16(19)23-25-24(27-26-23)31-15-22(29)28-17-10-4-7-13-20(17)32-21-14-8-5-11-18(21)28/h3-14H,2,15H2,1H3,(H,25,26,27). The molecule has 4 aromatic rings. The van der Waals surface area contributed by atoms with Gasteiger partial charge in [-0.3, -0.25) is 14.8 Å². The Morgan fingerprint density at radius 2 is 1.66 bits per heavy atom. The first-order valence-corrected chi connectivity index (χ1v) is 12.0. The third-order valence-electron chi connectivity index (χ3n) is 4.91. The van der Waals surface area contributed by atoms with Crippen LogP contribution in [-0.4, -0.2) is 33.4 Å². The number of hydrogen-bond donors (Lipinski definition) is 1. The second kappa shape index (κ2) is 9.10. The fourth-order valence-corrected chi connectivity index (χ4v) is 5.24. The molecule has 2 heterocycles. The van der Waals surface area contributed by atoms with Gasteiger partial charge in [-0.25, -0.2) is 4.98 Å². The second-order valence-corrected chi connectivity index (χ2v) is 8.98. The Morgan fingerprint density at radius 3 is 2.38 bits per heavy atom. The molecule has 1 N–H and O–H groups in total. The van der Waals surface area contributed by atoms with E-state index in [2.05, 4.69) is 15.2 Å². The number of anilines is 2. The predicted molar refractivity (Wildman–Crippen MR) is 128 cm³/mol. The first-order valence-electron chi connectivity index (χ1n) is 10.2.